The van der Waals surface area contributed by atoms with Crippen molar-refractivity contribution in [3.63, 3.8) is 0 Å². The first kappa shape index (κ1) is 15.9. The largest absolute Gasteiger partial charge is 0.389 e. The zero-order valence-electron chi connectivity index (χ0n) is 11.4. The Labute approximate surface area is 123 Å². The summed E-state index contributed by atoms with van der Waals surface area (Å²) in [5.74, 6) is 0.954. The molecule has 1 heterocycles. The van der Waals surface area contributed by atoms with Crippen LogP contribution in [-0.2, 0) is 0 Å². The lowest BCUT2D eigenvalue weighted by atomic mass is 10.2. The van der Waals surface area contributed by atoms with Gasteiger partial charge in [-0.05, 0) is 37.5 Å². The van der Waals surface area contributed by atoms with Crippen LogP contribution in [0.25, 0.3) is 0 Å². The van der Waals surface area contributed by atoms with Crippen molar-refractivity contribution in [3.8, 4) is 0 Å². The summed E-state index contributed by atoms with van der Waals surface area (Å²) in [4.78, 5) is 18.3. The van der Waals surface area contributed by atoms with Gasteiger partial charge in [-0.3, -0.25) is 9.78 Å². The van der Waals surface area contributed by atoms with Gasteiger partial charge in [-0.2, -0.15) is 11.8 Å². The van der Waals surface area contributed by atoms with Gasteiger partial charge in [0.05, 0.1) is 0 Å². The minimum Gasteiger partial charge on any atom is -0.389 e. The number of carbonyl (C=O) groups is 1. The smallest absolute Gasteiger partial charge is 0.272 e. The van der Waals surface area contributed by atoms with Gasteiger partial charge in [-0.25, -0.2) is 0 Å². The van der Waals surface area contributed by atoms with E-state index in [2.05, 4.69) is 11.2 Å². The number of hydrogen-bond donors (Lipinski definition) is 1. The summed E-state index contributed by atoms with van der Waals surface area (Å²) in [7, 11) is 1.80. The Morgan fingerprint density at radius 2 is 2.26 bits per heavy atom. The third kappa shape index (κ3) is 4.47. The molecule has 1 aromatic rings. The van der Waals surface area contributed by atoms with E-state index < -0.39 is 0 Å². The molecule has 104 valence electrons. The zero-order chi connectivity index (χ0) is 14.4. The van der Waals surface area contributed by atoms with Gasteiger partial charge in [0.25, 0.3) is 5.91 Å². The van der Waals surface area contributed by atoms with Gasteiger partial charge in [0.15, 0.2) is 0 Å². The lowest BCUT2D eigenvalue weighted by Gasteiger charge is -2.24. The summed E-state index contributed by atoms with van der Waals surface area (Å²) in [6.45, 7) is 2.04. The van der Waals surface area contributed by atoms with Crippen molar-refractivity contribution >= 4 is 34.9 Å². The van der Waals surface area contributed by atoms with Crippen molar-refractivity contribution in [2.24, 2.45) is 5.73 Å². The van der Waals surface area contributed by atoms with Gasteiger partial charge in [-0.1, -0.05) is 12.2 Å². The molecule has 0 aliphatic carbocycles. The van der Waals surface area contributed by atoms with Crippen LogP contribution in [0, 0.1) is 0 Å². The molecule has 6 heteroatoms. The van der Waals surface area contributed by atoms with Crippen molar-refractivity contribution in [3.05, 3.63) is 29.6 Å². The lowest BCUT2D eigenvalue weighted by molar-refractivity contribution is 0.0735. The summed E-state index contributed by atoms with van der Waals surface area (Å²) < 4.78 is 0. The number of amides is 1. The molecular formula is C13H19N3OS2. The molecule has 0 saturated heterocycles. The highest BCUT2D eigenvalue weighted by Crippen LogP contribution is 2.10. The Kier molecular flexibility index (Phi) is 6.24. The second kappa shape index (κ2) is 7.45. The molecule has 0 bridgehead atoms. The number of aromatic nitrogens is 1. The number of pyridine rings is 1. The van der Waals surface area contributed by atoms with Crippen LogP contribution in [0.1, 0.15) is 29.4 Å². The predicted octanol–water partition coefficient (Wildman–Crippen LogP) is 1.93. The molecular weight excluding hydrogens is 278 g/mol. The molecule has 0 radical (unpaired) electrons. The maximum atomic E-state index is 12.2. The van der Waals surface area contributed by atoms with Gasteiger partial charge in [0.2, 0.25) is 0 Å². The minimum atomic E-state index is -0.0805. The highest BCUT2D eigenvalue weighted by Gasteiger charge is 2.18. The van der Waals surface area contributed by atoms with E-state index in [1.54, 1.807) is 35.8 Å². The summed E-state index contributed by atoms with van der Waals surface area (Å²) in [5, 5.41) is 0. The van der Waals surface area contributed by atoms with E-state index in [1.807, 2.05) is 6.92 Å². The van der Waals surface area contributed by atoms with Gasteiger partial charge < -0.3 is 10.6 Å². The molecule has 0 spiro atoms. The fourth-order valence-electron chi connectivity index (χ4n) is 1.53. The monoisotopic (exact) mass is 297 g/mol. The molecule has 2 N–H and O–H groups in total. The number of nitrogens with two attached hydrogens (primary N) is 1. The topological polar surface area (TPSA) is 59.2 Å². The van der Waals surface area contributed by atoms with E-state index in [9.17, 15) is 4.79 Å². The average molecular weight is 297 g/mol. The van der Waals surface area contributed by atoms with Gasteiger partial charge >= 0.3 is 0 Å². The number of hydrogen-bond acceptors (Lipinski definition) is 4. The van der Waals surface area contributed by atoms with Crippen molar-refractivity contribution < 1.29 is 4.79 Å². The summed E-state index contributed by atoms with van der Waals surface area (Å²) >= 11 is 6.63. The molecule has 0 saturated carbocycles. The Morgan fingerprint density at radius 1 is 1.58 bits per heavy atom. The van der Waals surface area contributed by atoms with Crippen LogP contribution in [-0.4, -0.2) is 45.9 Å². The number of carbonyl (C=O) groups excluding carboxylic acids is 1. The molecule has 1 atom stereocenters. The molecule has 1 unspecified atom stereocenters. The molecule has 19 heavy (non-hydrogen) atoms. The normalized spacial score (nSPS) is 11.9. The summed E-state index contributed by atoms with van der Waals surface area (Å²) in [6, 6.07) is 3.58. The van der Waals surface area contributed by atoms with Crippen LogP contribution < -0.4 is 5.73 Å². The standard InChI is InChI=1S/C13H19N3OS2/c1-9(6-7-19-3)16(2)13(17)11-5-4-10(8-15-11)12(14)18/h4-5,8-9H,6-7H2,1-3H3,(H2,14,18). The summed E-state index contributed by atoms with van der Waals surface area (Å²) in [6.07, 6.45) is 4.56. The Hall–Kier alpha value is -1.14. The number of thiocarbonyl (C=S) groups is 1. The van der Waals surface area contributed by atoms with Gasteiger partial charge in [0, 0.05) is 24.8 Å². The van der Waals surface area contributed by atoms with Crippen molar-refractivity contribution in [2.45, 2.75) is 19.4 Å². The van der Waals surface area contributed by atoms with E-state index in [4.69, 9.17) is 18.0 Å². The quantitative estimate of drug-likeness (QED) is 0.813. The maximum Gasteiger partial charge on any atom is 0.272 e. The predicted molar refractivity (Wildman–Crippen MR) is 84.7 cm³/mol. The first-order valence-electron chi connectivity index (χ1n) is 5.99. The molecule has 4 nitrogen and oxygen atoms in total. The molecule has 0 aliphatic heterocycles. The van der Waals surface area contributed by atoms with Crippen LogP contribution in [0.2, 0.25) is 0 Å². The zero-order valence-corrected chi connectivity index (χ0v) is 13.1. The molecule has 1 aromatic heterocycles. The highest BCUT2D eigenvalue weighted by molar-refractivity contribution is 7.98. The molecule has 1 rings (SSSR count). The van der Waals surface area contributed by atoms with E-state index in [-0.39, 0.29) is 16.9 Å². The van der Waals surface area contributed by atoms with Crippen LogP contribution in [0.3, 0.4) is 0 Å². The second-order valence-corrected chi connectivity index (χ2v) is 5.77. The fraction of sp³-hybridized carbons (Fsp3) is 0.462. The van der Waals surface area contributed by atoms with Crippen LogP contribution >= 0.6 is 24.0 Å². The number of rotatable bonds is 6. The first-order valence-corrected chi connectivity index (χ1v) is 7.79. The molecule has 0 fully saturated rings. The van der Waals surface area contributed by atoms with Gasteiger partial charge in [0.1, 0.15) is 10.7 Å². The van der Waals surface area contributed by atoms with E-state index in [0.717, 1.165) is 12.2 Å². The number of nitrogens with zero attached hydrogens (tertiary/aromatic N) is 2. The van der Waals surface area contributed by atoms with Crippen molar-refractivity contribution in [1.82, 2.24) is 9.88 Å². The first-order chi connectivity index (χ1) is 8.97. The summed E-state index contributed by atoms with van der Waals surface area (Å²) in [5.41, 5.74) is 6.58. The SMILES string of the molecule is CSCCC(C)N(C)C(=O)c1ccc(C(N)=S)cn1. The lowest BCUT2D eigenvalue weighted by Crippen LogP contribution is -2.36. The van der Waals surface area contributed by atoms with E-state index >= 15 is 0 Å². The molecule has 0 aliphatic rings. The maximum absolute atomic E-state index is 12.2. The Morgan fingerprint density at radius 3 is 2.74 bits per heavy atom. The Bertz CT molecular complexity index is 448. The van der Waals surface area contributed by atoms with E-state index in [0.29, 0.717) is 11.3 Å². The van der Waals surface area contributed by atoms with Crippen LogP contribution in [0.5, 0.6) is 0 Å². The minimum absolute atomic E-state index is 0.0805. The van der Waals surface area contributed by atoms with E-state index in [1.165, 1.54) is 6.20 Å². The van der Waals surface area contributed by atoms with Crippen LogP contribution in [0.15, 0.2) is 18.3 Å². The number of thioether (sulfide) groups is 1. The molecule has 1 amide bonds. The van der Waals surface area contributed by atoms with Gasteiger partial charge in [-0.15, -0.1) is 0 Å². The fourth-order valence-corrected chi connectivity index (χ4v) is 2.23. The second-order valence-electron chi connectivity index (χ2n) is 4.34. The highest BCUT2D eigenvalue weighted by atomic mass is 32.2. The third-order valence-corrected chi connectivity index (χ3v) is 3.87. The average Bonchev–Trinajstić information content (AvgIpc) is 2.43. The van der Waals surface area contributed by atoms with Crippen molar-refractivity contribution in [1.29, 1.82) is 0 Å². The van der Waals surface area contributed by atoms with Crippen LogP contribution in [0.4, 0.5) is 0 Å². The third-order valence-electron chi connectivity index (χ3n) is 2.99. The Balaban J connectivity index is 2.73. The molecule has 0 aromatic carbocycles. The van der Waals surface area contributed by atoms with Crippen molar-refractivity contribution in [2.75, 3.05) is 19.1 Å².